The standard InChI is InChI=1S/C15H20N2O3/c1-10(14(18)19)9-16-15(20)17-13-8-4-6-11-5-2-3-7-12(11)13/h2-3,5,7,10,13H,4,6,8-9H2,1H3,(H,18,19)(H2,16,17,20). The topological polar surface area (TPSA) is 78.4 Å². The van der Waals surface area contributed by atoms with E-state index in [1.54, 1.807) is 6.92 Å². The molecule has 1 aromatic carbocycles. The van der Waals surface area contributed by atoms with E-state index < -0.39 is 11.9 Å². The molecule has 5 nitrogen and oxygen atoms in total. The molecule has 0 aliphatic heterocycles. The van der Waals surface area contributed by atoms with Gasteiger partial charge in [0.25, 0.3) is 0 Å². The SMILES string of the molecule is CC(CNC(=O)NC1CCCc2ccccc21)C(=O)O. The van der Waals surface area contributed by atoms with E-state index in [1.165, 1.54) is 11.1 Å². The molecule has 108 valence electrons. The predicted octanol–water partition coefficient (Wildman–Crippen LogP) is 2.08. The lowest BCUT2D eigenvalue weighted by molar-refractivity contribution is -0.140. The third-order valence-electron chi connectivity index (χ3n) is 3.67. The van der Waals surface area contributed by atoms with Crippen LogP contribution in [0.3, 0.4) is 0 Å². The van der Waals surface area contributed by atoms with Crippen molar-refractivity contribution in [2.45, 2.75) is 32.2 Å². The Morgan fingerprint density at radius 3 is 2.90 bits per heavy atom. The zero-order chi connectivity index (χ0) is 14.5. The smallest absolute Gasteiger partial charge is 0.315 e. The number of carboxylic acids is 1. The summed E-state index contributed by atoms with van der Waals surface area (Å²) in [6.45, 7) is 1.70. The minimum atomic E-state index is -0.909. The number of carbonyl (C=O) groups excluding carboxylic acids is 1. The fraction of sp³-hybridized carbons (Fsp3) is 0.467. The van der Waals surface area contributed by atoms with E-state index >= 15 is 0 Å². The van der Waals surface area contributed by atoms with E-state index in [1.807, 2.05) is 18.2 Å². The van der Waals surface area contributed by atoms with Crippen molar-refractivity contribution in [1.82, 2.24) is 10.6 Å². The number of urea groups is 1. The quantitative estimate of drug-likeness (QED) is 0.788. The van der Waals surface area contributed by atoms with Gasteiger partial charge in [0.15, 0.2) is 0 Å². The molecule has 2 unspecified atom stereocenters. The molecule has 1 aliphatic rings. The molecule has 0 spiro atoms. The molecule has 5 heteroatoms. The van der Waals surface area contributed by atoms with Crippen LogP contribution in [0.25, 0.3) is 0 Å². The van der Waals surface area contributed by atoms with E-state index in [0.717, 1.165) is 19.3 Å². The highest BCUT2D eigenvalue weighted by molar-refractivity contribution is 5.76. The molecule has 0 aromatic heterocycles. The molecule has 0 fully saturated rings. The molecule has 1 aromatic rings. The summed E-state index contributed by atoms with van der Waals surface area (Å²) in [5.74, 6) is -1.49. The Balaban J connectivity index is 1.91. The Bertz CT molecular complexity index is 502. The predicted molar refractivity (Wildman–Crippen MR) is 75.5 cm³/mol. The maximum atomic E-state index is 11.8. The van der Waals surface area contributed by atoms with Crippen molar-refractivity contribution >= 4 is 12.0 Å². The molecule has 20 heavy (non-hydrogen) atoms. The number of aliphatic carboxylic acids is 1. The molecular weight excluding hydrogens is 256 g/mol. The number of carbonyl (C=O) groups is 2. The molecule has 0 saturated heterocycles. The van der Waals surface area contributed by atoms with Crippen molar-refractivity contribution in [3.63, 3.8) is 0 Å². The molecule has 2 rings (SSSR count). The summed E-state index contributed by atoms with van der Waals surface area (Å²) in [5.41, 5.74) is 2.45. The van der Waals surface area contributed by atoms with Crippen molar-refractivity contribution in [2.75, 3.05) is 6.54 Å². The van der Waals surface area contributed by atoms with Crippen molar-refractivity contribution in [3.05, 3.63) is 35.4 Å². The molecule has 2 amide bonds. The lowest BCUT2D eigenvalue weighted by Crippen LogP contribution is -2.41. The summed E-state index contributed by atoms with van der Waals surface area (Å²) in [5, 5.41) is 14.3. The number of rotatable bonds is 4. The van der Waals surface area contributed by atoms with Gasteiger partial charge >= 0.3 is 12.0 Å². The highest BCUT2D eigenvalue weighted by atomic mass is 16.4. The van der Waals surface area contributed by atoms with Gasteiger partial charge in [-0.15, -0.1) is 0 Å². The number of fused-ring (bicyclic) bond motifs is 1. The van der Waals surface area contributed by atoms with Gasteiger partial charge in [-0.1, -0.05) is 31.2 Å². The lowest BCUT2D eigenvalue weighted by Gasteiger charge is -2.26. The summed E-state index contributed by atoms with van der Waals surface area (Å²) in [4.78, 5) is 22.5. The van der Waals surface area contributed by atoms with Crippen molar-refractivity contribution in [3.8, 4) is 0 Å². The maximum absolute atomic E-state index is 11.8. The number of hydrogen-bond donors (Lipinski definition) is 3. The van der Waals surface area contributed by atoms with E-state index in [9.17, 15) is 9.59 Å². The monoisotopic (exact) mass is 276 g/mol. The number of aryl methyl sites for hydroxylation is 1. The van der Waals surface area contributed by atoms with Crippen LogP contribution < -0.4 is 10.6 Å². The molecule has 0 heterocycles. The van der Waals surface area contributed by atoms with Gasteiger partial charge in [0.05, 0.1) is 12.0 Å². The Morgan fingerprint density at radius 1 is 1.40 bits per heavy atom. The van der Waals surface area contributed by atoms with E-state index in [4.69, 9.17) is 5.11 Å². The number of nitrogens with one attached hydrogen (secondary N) is 2. The summed E-state index contributed by atoms with van der Waals surface area (Å²) in [7, 11) is 0. The lowest BCUT2D eigenvalue weighted by atomic mass is 9.88. The Labute approximate surface area is 118 Å². The summed E-state index contributed by atoms with van der Waals surface area (Å²) < 4.78 is 0. The van der Waals surface area contributed by atoms with Crippen LogP contribution in [0.5, 0.6) is 0 Å². The van der Waals surface area contributed by atoms with Gasteiger partial charge in [-0.2, -0.15) is 0 Å². The van der Waals surface area contributed by atoms with Crippen molar-refractivity contribution < 1.29 is 14.7 Å². The average Bonchev–Trinajstić information content (AvgIpc) is 2.45. The van der Waals surface area contributed by atoms with Gasteiger partial charge in [-0.25, -0.2) is 4.79 Å². The molecule has 0 radical (unpaired) electrons. The molecule has 0 saturated carbocycles. The van der Waals surface area contributed by atoms with Crippen LogP contribution in [0, 0.1) is 5.92 Å². The normalized spacial score (nSPS) is 18.8. The van der Waals surface area contributed by atoms with Crippen LogP contribution in [0.4, 0.5) is 4.79 Å². The third-order valence-corrected chi connectivity index (χ3v) is 3.67. The zero-order valence-corrected chi connectivity index (χ0v) is 11.6. The molecule has 0 bridgehead atoms. The third kappa shape index (κ3) is 3.50. The van der Waals surface area contributed by atoms with Crippen molar-refractivity contribution in [2.24, 2.45) is 5.92 Å². The van der Waals surface area contributed by atoms with Gasteiger partial charge in [0.2, 0.25) is 0 Å². The van der Waals surface area contributed by atoms with Crippen molar-refractivity contribution in [1.29, 1.82) is 0 Å². The first-order chi connectivity index (χ1) is 9.58. The van der Waals surface area contributed by atoms with Gasteiger partial charge < -0.3 is 15.7 Å². The first-order valence-electron chi connectivity index (χ1n) is 6.93. The highest BCUT2D eigenvalue weighted by Crippen LogP contribution is 2.29. The Hall–Kier alpha value is -2.04. The second kappa shape index (κ2) is 6.41. The molecule has 2 atom stereocenters. The summed E-state index contributed by atoms with van der Waals surface area (Å²) >= 11 is 0. The van der Waals surface area contributed by atoms with Gasteiger partial charge in [0.1, 0.15) is 0 Å². The zero-order valence-electron chi connectivity index (χ0n) is 11.6. The fourth-order valence-corrected chi connectivity index (χ4v) is 2.45. The number of amides is 2. The second-order valence-electron chi connectivity index (χ2n) is 5.24. The van der Waals surface area contributed by atoms with Gasteiger partial charge in [-0.3, -0.25) is 4.79 Å². The van der Waals surface area contributed by atoms with Crippen LogP contribution in [-0.2, 0) is 11.2 Å². The van der Waals surface area contributed by atoms with Gasteiger partial charge in [-0.05, 0) is 30.4 Å². The van der Waals surface area contributed by atoms with E-state index in [2.05, 4.69) is 16.7 Å². The Kier molecular flexibility index (Phi) is 4.61. The Morgan fingerprint density at radius 2 is 2.15 bits per heavy atom. The largest absolute Gasteiger partial charge is 0.481 e. The number of carboxylic acid groups (broad SMARTS) is 1. The van der Waals surface area contributed by atoms with Crippen LogP contribution in [0.2, 0.25) is 0 Å². The minimum absolute atomic E-state index is 0.0140. The molecule has 1 aliphatic carbocycles. The van der Waals surface area contributed by atoms with Crippen LogP contribution >= 0.6 is 0 Å². The minimum Gasteiger partial charge on any atom is -0.481 e. The first kappa shape index (κ1) is 14.4. The molecular formula is C15H20N2O3. The highest BCUT2D eigenvalue weighted by Gasteiger charge is 2.21. The molecule has 3 N–H and O–H groups in total. The summed E-state index contributed by atoms with van der Waals surface area (Å²) in [6, 6.07) is 7.83. The second-order valence-corrected chi connectivity index (χ2v) is 5.24. The average molecular weight is 276 g/mol. The van der Waals surface area contributed by atoms with Crippen LogP contribution in [0.1, 0.15) is 36.9 Å². The van der Waals surface area contributed by atoms with Gasteiger partial charge in [0, 0.05) is 6.54 Å². The van der Waals surface area contributed by atoms with Crippen LogP contribution in [0.15, 0.2) is 24.3 Å². The number of hydrogen-bond acceptors (Lipinski definition) is 2. The maximum Gasteiger partial charge on any atom is 0.315 e. The van der Waals surface area contributed by atoms with E-state index in [-0.39, 0.29) is 18.6 Å². The summed E-state index contributed by atoms with van der Waals surface area (Å²) in [6.07, 6.45) is 3.01. The van der Waals surface area contributed by atoms with Crippen LogP contribution in [-0.4, -0.2) is 23.7 Å². The first-order valence-corrected chi connectivity index (χ1v) is 6.93. The van der Waals surface area contributed by atoms with E-state index in [0.29, 0.717) is 0 Å². The number of benzene rings is 1. The fourth-order valence-electron chi connectivity index (χ4n) is 2.45.